The first-order valence-electron chi connectivity index (χ1n) is 5.44. The van der Waals surface area contributed by atoms with Gasteiger partial charge in [0.2, 0.25) is 0 Å². The Morgan fingerprint density at radius 2 is 2.41 bits per heavy atom. The van der Waals surface area contributed by atoms with Crippen LogP contribution in [0, 0.1) is 0 Å². The maximum atomic E-state index is 11.4. The Bertz CT molecular complexity index is 456. The molecule has 2 rings (SSSR count). The fraction of sp³-hybridized carbons (Fsp3) is 0.455. The molecule has 6 heteroatoms. The van der Waals surface area contributed by atoms with Crippen molar-refractivity contribution in [3.63, 3.8) is 0 Å². The molecule has 2 heterocycles. The predicted octanol–water partition coefficient (Wildman–Crippen LogP) is 1.26. The summed E-state index contributed by atoms with van der Waals surface area (Å²) in [5.74, 6) is 0.0217. The molecule has 2 aliphatic rings. The molecule has 0 aromatic heterocycles. The van der Waals surface area contributed by atoms with Crippen molar-refractivity contribution in [2.75, 3.05) is 6.54 Å². The number of allylic oxidation sites excluding steroid dienone is 2. The van der Waals surface area contributed by atoms with Crippen molar-refractivity contribution < 1.29 is 9.90 Å². The van der Waals surface area contributed by atoms with Crippen molar-refractivity contribution in [2.24, 2.45) is 10.7 Å². The van der Waals surface area contributed by atoms with Crippen molar-refractivity contribution in [1.29, 1.82) is 0 Å². The Morgan fingerprint density at radius 1 is 1.71 bits per heavy atom. The van der Waals surface area contributed by atoms with Crippen molar-refractivity contribution in [3.05, 3.63) is 23.0 Å². The summed E-state index contributed by atoms with van der Waals surface area (Å²) in [6.45, 7) is 2.18. The molecule has 0 radical (unpaired) electrons. The molecule has 0 spiro atoms. The van der Waals surface area contributed by atoms with Gasteiger partial charge in [-0.15, -0.1) is 0 Å². The normalized spacial score (nSPS) is 27.2. The summed E-state index contributed by atoms with van der Waals surface area (Å²) in [5.41, 5.74) is 4.73. The summed E-state index contributed by atoms with van der Waals surface area (Å²) >= 11 is 5.91. The molecule has 0 bridgehead atoms. The van der Waals surface area contributed by atoms with Gasteiger partial charge in [-0.3, -0.25) is 0 Å². The molecule has 92 valence electrons. The van der Waals surface area contributed by atoms with Crippen LogP contribution in [0.3, 0.4) is 0 Å². The standard InChI is InChI=1S/C11H14ClN3O2/c1-2-5-11(10(16)17)6-15-8(14-11)4-3-7(12)9(15)13/h3-4H,2,5-6,13H2,1H3,(H,16,17). The summed E-state index contributed by atoms with van der Waals surface area (Å²) in [6, 6.07) is 0. The lowest BCUT2D eigenvalue weighted by Gasteiger charge is -2.25. The van der Waals surface area contributed by atoms with Gasteiger partial charge in [0.1, 0.15) is 11.7 Å². The molecular formula is C11H14ClN3O2. The van der Waals surface area contributed by atoms with Gasteiger partial charge in [0.25, 0.3) is 0 Å². The maximum absolute atomic E-state index is 11.4. The van der Waals surface area contributed by atoms with E-state index in [0.29, 0.717) is 23.1 Å². The third-order valence-corrected chi connectivity index (χ3v) is 3.32. The van der Waals surface area contributed by atoms with E-state index >= 15 is 0 Å². The lowest BCUT2D eigenvalue weighted by Crippen LogP contribution is -2.43. The highest BCUT2D eigenvalue weighted by molar-refractivity contribution is 6.32. The van der Waals surface area contributed by atoms with E-state index in [9.17, 15) is 9.90 Å². The average molecular weight is 256 g/mol. The minimum absolute atomic E-state index is 0.248. The number of aliphatic imine (C=N–C) groups is 1. The van der Waals surface area contributed by atoms with Crippen molar-refractivity contribution >= 4 is 23.4 Å². The van der Waals surface area contributed by atoms with Gasteiger partial charge in [0, 0.05) is 0 Å². The molecule has 1 unspecified atom stereocenters. The Kier molecular flexibility index (Phi) is 2.87. The number of rotatable bonds is 3. The summed E-state index contributed by atoms with van der Waals surface area (Å²) in [6.07, 6.45) is 4.56. The predicted molar refractivity (Wildman–Crippen MR) is 65.6 cm³/mol. The van der Waals surface area contributed by atoms with Crippen LogP contribution in [0.15, 0.2) is 28.0 Å². The van der Waals surface area contributed by atoms with Crippen LogP contribution in [0.5, 0.6) is 0 Å². The van der Waals surface area contributed by atoms with E-state index in [2.05, 4.69) is 4.99 Å². The summed E-state index contributed by atoms with van der Waals surface area (Å²) in [4.78, 5) is 17.4. The quantitative estimate of drug-likeness (QED) is 0.796. The number of nitrogens with zero attached hydrogens (tertiary/aromatic N) is 2. The van der Waals surface area contributed by atoms with Crippen molar-refractivity contribution in [1.82, 2.24) is 4.90 Å². The first-order chi connectivity index (χ1) is 8.00. The fourth-order valence-electron chi connectivity index (χ4n) is 2.13. The summed E-state index contributed by atoms with van der Waals surface area (Å²) < 4.78 is 0. The van der Waals surface area contributed by atoms with E-state index in [0.717, 1.165) is 6.42 Å². The second-order valence-corrected chi connectivity index (χ2v) is 4.62. The molecule has 0 saturated heterocycles. The number of hydrogen-bond donors (Lipinski definition) is 2. The lowest BCUT2D eigenvalue weighted by atomic mass is 9.95. The number of carboxylic acid groups (broad SMARTS) is 1. The van der Waals surface area contributed by atoms with E-state index in [4.69, 9.17) is 17.3 Å². The molecule has 5 nitrogen and oxygen atoms in total. The number of amidine groups is 1. The van der Waals surface area contributed by atoms with E-state index in [1.54, 1.807) is 17.1 Å². The first-order valence-corrected chi connectivity index (χ1v) is 5.82. The largest absolute Gasteiger partial charge is 0.479 e. The molecule has 17 heavy (non-hydrogen) atoms. The number of carboxylic acids is 1. The highest BCUT2D eigenvalue weighted by Crippen LogP contribution is 2.32. The van der Waals surface area contributed by atoms with Crippen LogP contribution in [0.1, 0.15) is 19.8 Å². The van der Waals surface area contributed by atoms with Crippen LogP contribution in [0.2, 0.25) is 0 Å². The highest BCUT2D eigenvalue weighted by Gasteiger charge is 2.46. The Labute approximate surface area is 104 Å². The van der Waals surface area contributed by atoms with Crippen LogP contribution in [-0.2, 0) is 4.79 Å². The molecule has 0 aromatic rings. The zero-order chi connectivity index (χ0) is 12.6. The maximum Gasteiger partial charge on any atom is 0.333 e. The highest BCUT2D eigenvalue weighted by atomic mass is 35.5. The molecular weight excluding hydrogens is 242 g/mol. The number of carbonyl (C=O) groups is 1. The topological polar surface area (TPSA) is 78.9 Å². The molecule has 3 N–H and O–H groups in total. The average Bonchev–Trinajstić information content (AvgIpc) is 2.65. The monoisotopic (exact) mass is 255 g/mol. The van der Waals surface area contributed by atoms with E-state index in [1.807, 2.05) is 6.92 Å². The Hall–Kier alpha value is -1.49. The second-order valence-electron chi connectivity index (χ2n) is 4.21. The van der Waals surface area contributed by atoms with Gasteiger partial charge in [-0.1, -0.05) is 24.9 Å². The minimum atomic E-state index is -1.10. The molecule has 0 amide bonds. The SMILES string of the molecule is CCCC1(C(=O)O)CN2C(=N1)C=CC(Cl)=C2N. The summed E-state index contributed by atoms with van der Waals surface area (Å²) in [7, 11) is 0. The number of halogens is 1. The van der Waals surface area contributed by atoms with Gasteiger partial charge in [0.05, 0.1) is 11.6 Å². The summed E-state index contributed by atoms with van der Waals surface area (Å²) in [5, 5.41) is 9.76. The molecule has 0 saturated carbocycles. The molecule has 0 aromatic carbocycles. The number of hydrogen-bond acceptors (Lipinski definition) is 4. The van der Waals surface area contributed by atoms with Crippen LogP contribution in [0.4, 0.5) is 0 Å². The smallest absolute Gasteiger partial charge is 0.333 e. The zero-order valence-electron chi connectivity index (χ0n) is 9.48. The molecule has 0 fully saturated rings. The van der Waals surface area contributed by atoms with Gasteiger partial charge in [-0.05, 0) is 18.6 Å². The van der Waals surface area contributed by atoms with Gasteiger partial charge < -0.3 is 15.7 Å². The number of nitrogens with two attached hydrogens (primary N) is 1. The van der Waals surface area contributed by atoms with E-state index in [-0.39, 0.29) is 6.54 Å². The van der Waals surface area contributed by atoms with Gasteiger partial charge in [-0.25, -0.2) is 9.79 Å². The third kappa shape index (κ3) is 1.80. The van der Waals surface area contributed by atoms with Crippen LogP contribution in [0.25, 0.3) is 0 Å². The molecule has 0 aliphatic carbocycles. The van der Waals surface area contributed by atoms with Crippen LogP contribution in [-0.4, -0.2) is 33.9 Å². The van der Waals surface area contributed by atoms with Gasteiger partial charge >= 0.3 is 5.97 Å². The van der Waals surface area contributed by atoms with Crippen LogP contribution < -0.4 is 5.73 Å². The Morgan fingerprint density at radius 3 is 3.00 bits per heavy atom. The second kappa shape index (κ2) is 4.07. The van der Waals surface area contributed by atoms with E-state index in [1.165, 1.54) is 0 Å². The Balaban J connectivity index is 2.38. The van der Waals surface area contributed by atoms with Gasteiger partial charge in [0.15, 0.2) is 5.54 Å². The zero-order valence-corrected chi connectivity index (χ0v) is 10.2. The minimum Gasteiger partial charge on any atom is -0.479 e. The van der Waals surface area contributed by atoms with Crippen molar-refractivity contribution in [3.8, 4) is 0 Å². The fourth-order valence-corrected chi connectivity index (χ4v) is 2.29. The molecule has 2 aliphatic heterocycles. The van der Waals surface area contributed by atoms with E-state index < -0.39 is 11.5 Å². The van der Waals surface area contributed by atoms with Crippen molar-refractivity contribution in [2.45, 2.75) is 25.3 Å². The number of fused-ring (bicyclic) bond motifs is 1. The number of aliphatic carboxylic acids is 1. The first kappa shape index (κ1) is 12.0. The lowest BCUT2D eigenvalue weighted by molar-refractivity contribution is -0.143. The molecule has 1 atom stereocenters. The van der Waals surface area contributed by atoms with Crippen LogP contribution >= 0.6 is 11.6 Å². The van der Waals surface area contributed by atoms with Gasteiger partial charge in [-0.2, -0.15) is 0 Å². The third-order valence-electron chi connectivity index (χ3n) is 3.00.